The van der Waals surface area contributed by atoms with Crippen molar-refractivity contribution in [2.75, 3.05) is 18.1 Å². The molecule has 0 spiro atoms. The Morgan fingerprint density at radius 3 is 2.10 bits per heavy atom. The van der Waals surface area contributed by atoms with Crippen LogP contribution in [0, 0.1) is 0 Å². The highest BCUT2D eigenvalue weighted by atomic mass is 16.5. The van der Waals surface area contributed by atoms with Gasteiger partial charge in [-0.25, -0.2) is 4.79 Å². The molecular weight excluding hydrogens is 384 g/mol. The molecule has 162 valence electrons. The third-order valence-corrected chi connectivity index (χ3v) is 5.08. The zero-order valence-corrected chi connectivity index (χ0v) is 18.7. The number of amides is 2. The number of carbonyl (C=O) groups excluding carboxylic acids is 1. The molecule has 0 aliphatic rings. The van der Waals surface area contributed by atoms with Gasteiger partial charge in [-0.3, -0.25) is 4.90 Å². The summed E-state index contributed by atoms with van der Waals surface area (Å²) >= 11 is 0. The summed E-state index contributed by atoms with van der Waals surface area (Å²) in [5.74, 6) is 0.856. The van der Waals surface area contributed by atoms with Crippen LogP contribution >= 0.6 is 0 Å². The van der Waals surface area contributed by atoms with Gasteiger partial charge >= 0.3 is 6.03 Å². The molecule has 0 saturated heterocycles. The Bertz CT molecular complexity index is 932. The first-order valence-electron chi connectivity index (χ1n) is 10.8. The van der Waals surface area contributed by atoms with Crippen LogP contribution in [-0.2, 0) is 12.0 Å². The van der Waals surface area contributed by atoms with Crippen molar-refractivity contribution in [2.24, 2.45) is 0 Å². The summed E-state index contributed by atoms with van der Waals surface area (Å²) in [5, 5.41) is 3.02. The lowest BCUT2D eigenvalue weighted by Crippen LogP contribution is -2.40. The molecule has 0 heterocycles. The van der Waals surface area contributed by atoms with Gasteiger partial charge in [0, 0.05) is 12.2 Å². The molecule has 3 aromatic rings. The molecule has 0 aliphatic carbocycles. The topological polar surface area (TPSA) is 41.6 Å². The molecule has 4 heteroatoms. The van der Waals surface area contributed by atoms with Crippen LogP contribution in [0.5, 0.6) is 5.75 Å². The number of hydrogen-bond donors (Lipinski definition) is 1. The van der Waals surface area contributed by atoms with Crippen molar-refractivity contribution >= 4 is 11.7 Å². The van der Waals surface area contributed by atoms with Crippen LogP contribution in [0.1, 0.15) is 38.3 Å². The van der Waals surface area contributed by atoms with Crippen LogP contribution in [0.25, 0.3) is 0 Å². The van der Waals surface area contributed by atoms with E-state index in [9.17, 15) is 4.79 Å². The minimum absolute atomic E-state index is 0.107. The molecule has 0 atom stereocenters. The van der Waals surface area contributed by atoms with Crippen LogP contribution in [0.4, 0.5) is 10.5 Å². The summed E-state index contributed by atoms with van der Waals surface area (Å²) in [6.45, 7) is 8.22. The molecule has 0 unspecified atom stereocenters. The smallest absolute Gasteiger partial charge is 0.322 e. The first-order chi connectivity index (χ1) is 14.9. The van der Waals surface area contributed by atoms with E-state index in [1.165, 1.54) is 5.56 Å². The third kappa shape index (κ3) is 6.88. The maximum absolute atomic E-state index is 12.9. The molecule has 0 radical (unpaired) electrons. The van der Waals surface area contributed by atoms with Gasteiger partial charge < -0.3 is 10.1 Å². The molecular formula is C27H32N2O2. The van der Waals surface area contributed by atoms with Crippen molar-refractivity contribution in [1.82, 2.24) is 5.32 Å². The number of rotatable bonds is 8. The number of hydrogen-bond acceptors (Lipinski definition) is 2. The van der Waals surface area contributed by atoms with Crippen LogP contribution in [0.15, 0.2) is 84.9 Å². The van der Waals surface area contributed by atoms with Gasteiger partial charge in [-0.1, -0.05) is 81.4 Å². The van der Waals surface area contributed by atoms with E-state index in [2.05, 4.69) is 38.2 Å². The zero-order valence-electron chi connectivity index (χ0n) is 18.7. The first kappa shape index (κ1) is 22.4. The second-order valence-corrected chi connectivity index (χ2v) is 8.62. The Morgan fingerprint density at radius 2 is 1.48 bits per heavy atom. The van der Waals surface area contributed by atoms with E-state index in [0.717, 1.165) is 23.4 Å². The molecule has 0 saturated carbocycles. The maximum Gasteiger partial charge on any atom is 0.322 e. The lowest BCUT2D eigenvalue weighted by atomic mass is 9.87. The van der Waals surface area contributed by atoms with E-state index in [1.807, 2.05) is 72.8 Å². The minimum Gasteiger partial charge on any atom is -0.494 e. The minimum atomic E-state index is -0.107. The molecule has 0 aromatic heterocycles. The monoisotopic (exact) mass is 416 g/mol. The van der Waals surface area contributed by atoms with Crippen molar-refractivity contribution in [1.29, 1.82) is 0 Å². The summed E-state index contributed by atoms with van der Waals surface area (Å²) in [4.78, 5) is 14.7. The lowest BCUT2D eigenvalue weighted by molar-refractivity contribution is 0.244. The molecule has 3 rings (SSSR count). The van der Waals surface area contributed by atoms with Gasteiger partial charge in [-0.15, -0.1) is 0 Å². The molecule has 1 N–H and O–H groups in total. The molecule has 0 bridgehead atoms. The third-order valence-electron chi connectivity index (χ3n) is 5.08. The van der Waals surface area contributed by atoms with Gasteiger partial charge in [0.1, 0.15) is 5.75 Å². The normalized spacial score (nSPS) is 11.1. The number of urea groups is 1. The van der Waals surface area contributed by atoms with Gasteiger partial charge in [0.05, 0.1) is 13.2 Å². The zero-order chi connectivity index (χ0) is 22.1. The molecule has 0 aliphatic heterocycles. The van der Waals surface area contributed by atoms with Gasteiger partial charge in [0.25, 0.3) is 0 Å². The van der Waals surface area contributed by atoms with Gasteiger partial charge in [0.2, 0.25) is 0 Å². The fraction of sp³-hybridized carbons (Fsp3) is 0.296. The van der Waals surface area contributed by atoms with Crippen molar-refractivity contribution in [2.45, 2.75) is 39.2 Å². The highest BCUT2D eigenvalue weighted by Gasteiger charge is 2.16. The Kier molecular flexibility index (Phi) is 7.71. The van der Waals surface area contributed by atoms with E-state index >= 15 is 0 Å². The largest absolute Gasteiger partial charge is 0.494 e. The molecule has 3 aromatic carbocycles. The molecule has 2 amide bonds. The average Bonchev–Trinajstić information content (AvgIpc) is 2.78. The first-order valence-corrected chi connectivity index (χ1v) is 10.8. The van der Waals surface area contributed by atoms with Gasteiger partial charge in [-0.05, 0) is 47.2 Å². The predicted molar refractivity (Wildman–Crippen MR) is 128 cm³/mol. The quantitative estimate of drug-likeness (QED) is 0.446. The van der Waals surface area contributed by atoms with Crippen LogP contribution < -0.4 is 15.0 Å². The van der Waals surface area contributed by atoms with Crippen molar-refractivity contribution in [3.05, 3.63) is 96.1 Å². The van der Waals surface area contributed by atoms with E-state index in [0.29, 0.717) is 19.7 Å². The summed E-state index contributed by atoms with van der Waals surface area (Å²) in [5.41, 5.74) is 3.38. The number of benzene rings is 3. The molecule has 4 nitrogen and oxygen atoms in total. The van der Waals surface area contributed by atoms with Crippen molar-refractivity contribution < 1.29 is 9.53 Å². The summed E-state index contributed by atoms with van der Waals surface area (Å²) in [6.07, 6.45) is 0.737. The lowest BCUT2D eigenvalue weighted by Gasteiger charge is -2.23. The number of nitrogens with zero attached hydrogens (tertiary/aromatic N) is 1. The second-order valence-electron chi connectivity index (χ2n) is 8.62. The summed E-state index contributed by atoms with van der Waals surface area (Å²) < 4.78 is 5.83. The molecule has 31 heavy (non-hydrogen) atoms. The van der Waals surface area contributed by atoms with Crippen LogP contribution in [0.3, 0.4) is 0 Å². The van der Waals surface area contributed by atoms with E-state index in [4.69, 9.17) is 4.74 Å². The average molecular weight is 417 g/mol. The Hall–Kier alpha value is -3.27. The van der Waals surface area contributed by atoms with Crippen LogP contribution in [0.2, 0.25) is 0 Å². The number of para-hydroxylation sites is 1. The van der Waals surface area contributed by atoms with Crippen molar-refractivity contribution in [3.63, 3.8) is 0 Å². The Balaban J connectivity index is 1.49. The highest BCUT2D eigenvalue weighted by Crippen LogP contribution is 2.24. The van der Waals surface area contributed by atoms with Gasteiger partial charge in [0.15, 0.2) is 0 Å². The predicted octanol–water partition coefficient (Wildman–Crippen LogP) is 6.17. The number of ether oxygens (including phenoxy) is 1. The standard InChI is InChI=1S/C27H32N2O2/c1-27(2,3)23-15-17-25(18-16-23)31-20-10-19-28-26(30)29(24-13-8-5-9-14-24)21-22-11-6-4-7-12-22/h4-9,11-18H,10,19-21H2,1-3H3,(H,28,30). The molecule has 0 fully saturated rings. The SMILES string of the molecule is CC(C)(C)c1ccc(OCCCNC(=O)N(Cc2ccccc2)c2ccccc2)cc1. The Labute approximate surface area is 185 Å². The van der Waals surface area contributed by atoms with E-state index in [1.54, 1.807) is 4.90 Å². The van der Waals surface area contributed by atoms with Crippen molar-refractivity contribution in [3.8, 4) is 5.75 Å². The van der Waals surface area contributed by atoms with E-state index < -0.39 is 0 Å². The van der Waals surface area contributed by atoms with E-state index in [-0.39, 0.29) is 11.4 Å². The van der Waals surface area contributed by atoms with Crippen LogP contribution in [-0.4, -0.2) is 19.2 Å². The number of nitrogens with one attached hydrogen (secondary N) is 1. The Morgan fingerprint density at radius 1 is 0.871 bits per heavy atom. The summed E-state index contributed by atoms with van der Waals surface area (Å²) in [7, 11) is 0. The highest BCUT2D eigenvalue weighted by molar-refractivity contribution is 5.91. The summed E-state index contributed by atoms with van der Waals surface area (Å²) in [6, 6.07) is 27.9. The maximum atomic E-state index is 12.9. The van der Waals surface area contributed by atoms with Gasteiger partial charge in [-0.2, -0.15) is 0 Å². The second kappa shape index (κ2) is 10.7. The fourth-order valence-corrected chi connectivity index (χ4v) is 3.26. The number of anilines is 1. The number of carbonyl (C=O) groups is 1. The fourth-order valence-electron chi connectivity index (χ4n) is 3.26.